The van der Waals surface area contributed by atoms with E-state index in [9.17, 15) is 9.18 Å². The number of carbonyl (C=O) groups excluding carboxylic acids is 1. The van der Waals surface area contributed by atoms with Crippen molar-refractivity contribution in [3.05, 3.63) is 35.6 Å². The molecule has 0 bridgehead atoms. The quantitative estimate of drug-likeness (QED) is 0.714. The SMILES string of the molecule is CNN[C@H](Cc1cccc(F)c1)C(C)=O. The minimum atomic E-state index is -0.322. The average molecular weight is 210 g/mol. The van der Waals surface area contributed by atoms with E-state index in [1.807, 2.05) is 0 Å². The van der Waals surface area contributed by atoms with Crippen LogP contribution in [0.1, 0.15) is 12.5 Å². The summed E-state index contributed by atoms with van der Waals surface area (Å²) in [6.45, 7) is 1.51. The lowest BCUT2D eigenvalue weighted by Gasteiger charge is -2.14. The number of ketones is 1. The van der Waals surface area contributed by atoms with Crippen molar-refractivity contribution >= 4 is 5.78 Å². The molecule has 0 unspecified atom stereocenters. The van der Waals surface area contributed by atoms with Crippen molar-refractivity contribution in [2.75, 3.05) is 7.05 Å². The second kappa shape index (κ2) is 5.58. The molecule has 0 heterocycles. The number of rotatable bonds is 5. The van der Waals surface area contributed by atoms with Crippen LogP contribution in [-0.4, -0.2) is 18.9 Å². The third-order valence-electron chi connectivity index (χ3n) is 2.14. The van der Waals surface area contributed by atoms with Crippen LogP contribution in [0.25, 0.3) is 0 Å². The topological polar surface area (TPSA) is 41.1 Å². The first-order valence-electron chi connectivity index (χ1n) is 4.80. The molecule has 1 atom stereocenters. The maximum atomic E-state index is 12.9. The van der Waals surface area contributed by atoms with Crippen molar-refractivity contribution < 1.29 is 9.18 Å². The molecule has 4 heteroatoms. The van der Waals surface area contributed by atoms with Crippen LogP contribution in [0.4, 0.5) is 4.39 Å². The summed E-state index contributed by atoms with van der Waals surface area (Å²) >= 11 is 0. The van der Waals surface area contributed by atoms with Gasteiger partial charge in [-0.2, -0.15) is 0 Å². The van der Waals surface area contributed by atoms with Crippen LogP contribution in [0, 0.1) is 5.82 Å². The maximum Gasteiger partial charge on any atom is 0.148 e. The molecule has 0 radical (unpaired) electrons. The monoisotopic (exact) mass is 210 g/mol. The molecule has 1 aromatic rings. The Labute approximate surface area is 88.7 Å². The molecule has 0 aliphatic carbocycles. The molecule has 0 aliphatic heterocycles. The summed E-state index contributed by atoms with van der Waals surface area (Å²) in [5.41, 5.74) is 6.35. The van der Waals surface area contributed by atoms with E-state index >= 15 is 0 Å². The molecule has 1 rings (SSSR count). The Kier molecular flexibility index (Phi) is 4.39. The summed E-state index contributed by atoms with van der Waals surface area (Å²) in [5, 5.41) is 0. The van der Waals surface area contributed by atoms with Gasteiger partial charge in [-0.15, -0.1) is 0 Å². The van der Waals surface area contributed by atoms with E-state index < -0.39 is 0 Å². The van der Waals surface area contributed by atoms with Crippen LogP contribution in [0.3, 0.4) is 0 Å². The number of nitrogens with one attached hydrogen (secondary N) is 2. The lowest BCUT2D eigenvalue weighted by atomic mass is 10.0. The van der Waals surface area contributed by atoms with E-state index in [0.717, 1.165) is 5.56 Å². The summed E-state index contributed by atoms with van der Waals surface area (Å²) < 4.78 is 12.9. The van der Waals surface area contributed by atoms with E-state index in [4.69, 9.17) is 0 Å². The van der Waals surface area contributed by atoms with Crippen LogP contribution in [0.5, 0.6) is 0 Å². The molecule has 3 nitrogen and oxygen atoms in total. The van der Waals surface area contributed by atoms with Gasteiger partial charge in [-0.25, -0.2) is 9.82 Å². The molecule has 2 N–H and O–H groups in total. The first-order chi connectivity index (χ1) is 7.13. The number of hydrogen-bond acceptors (Lipinski definition) is 3. The third-order valence-corrected chi connectivity index (χ3v) is 2.14. The van der Waals surface area contributed by atoms with Crippen LogP contribution < -0.4 is 10.9 Å². The summed E-state index contributed by atoms with van der Waals surface area (Å²) in [5.74, 6) is -0.257. The van der Waals surface area contributed by atoms with E-state index in [1.54, 1.807) is 19.2 Å². The van der Waals surface area contributed by atoms with E-state index in [0.29, 0.717) is 6.42 Å². The molecule has 15 heavy (non-hydrogen) atoms. The predicted molar refractivity (Wildman–Crippen MR) is 56.8 cm³/mol. The Balaban J connectivity index is 2.69. The van der Waals surface area contributed by atoms with Gasteiger partial charge >= 0.3 is 0 Å². The van der Waals surface area contributed by atoms with Crippen LogP contribution in [0.15, 0.2) is 24.3 Å². The minimum Gasteiger partial charge on any atom is -0.298 e. The molecular weight excluding hydrogens is 195 g/mol. The Morgan fingerprint density at radius 2 is 2.27 bits per heavy atom. The summed E-state index contributed by atoms with van der Waals surface area (Å²) in [4.78, 5) is 11.2. The lowest BCUT2D eigenvalue weighted by Crippen LogP contribution is -2.44. The molecule has 0 aliphatic rings. The summed E-state index contributed by atoms with van der Waals surface area (Å²) in [6, 6.07) is 5.94. The van der Waals surface area contributed by atoms with Gasteiger partial charge in [-0.3, -0.25) is 10.2 Å². The zero-order chi connectivity index (χ0) is 11.3. The Bertz CT molecular complexity index is 341. The molecule has 0 saturated carbocycles. The summed E-state index contributed by atoms with van der Waals surface area (Å²) in [6.07, 6.45) is 0.480. The predicted octanol–water partition coefficient (Wildman–Crippen LogP) is 1.05. The van der Waals surface area contributed by atoms with Crippen LogP contribution >= 0.6 is 0 Å². The first-order valence-corrected chi connectivity index (χ1v) is 4.80. The van der Waals surface area contributed by atoms with Crippen molar-refractivity contribution in [1.82, 2.24) is 10.9 Å². The van der Waals surface area contributed by atoms with Gasteiger partial charge in [0.2, 0.25) is 0 Å². The molecule has 0 fully saturated rings. The van der Waals surface area contributed by atoms with Gasteiger partial charge in [0.25, 0.3) is 0 Å². The van der Waals surface area contributed by atoms with Crippen molar-refractivity contribution in [3.8, 4) is 0 Å². The fraction of sp³-hybridized carbons (Fsp3) is 0.364. The van der Waals surface area contributed by atoms with Gasteiger partial charge in [-0.1, -0.05) is 12.1 Å². The molecule has 1 aromatic carbocycles. The number of halogens is 1. The second-order valence-corrected chi connectivity index (χ2v) is 3.39. The largest absolute Gasteiger partial charge is 0.298 e. The highest BCUT2D eigenvalue weighted by Crippen LogP contribution is 2.06. The number of benzene rings is 1. The van der Waals surface area contributed by atoms with Gasteiger partial charge in [0.15, 0.2) is 0 Å². The highest BCUT2D eigenvalue weighted by atomic mass is 19.1. The highest BCUT2D eigenvalue weighted by molar-refractivity contribution is 5.81. The standard InChI is InChI=1S/C11H15FN2O/c1-8(15)11(14-13-2)7-9-4-3-5-10(12)6-9/h3-6,11,13-14H,7H2,1-2H3/t11-/m1/s1. The van der Waals surface area contributed by atoms with Gasteiger partial charge in [0, 0.05) is 0 Å². The molecule has 0 saturated heterocycles. The molecule has 0 amide bonds. The van der Waals surface area contributed by atoms with Crippen LogP contribution in [0.2, 0.25) is 0 Å². The van der Waals surface area contributed by atoms with Gasteiger partial charge in [0.05, 0.1) is 6.04 Å². The highest BCUT2D eigenvalue weighted by Gasteiger charge is 2.13. The second-order valence-electron chi connectivity index (χ2n) is 3.39. The zero-order valence-electron chi connectivity index (χ0n) is 8.88. The molecule has 82 valence electrons. The average Bonchev–Trinajstić information content (AvgIpc) is 2.17. The van der Waals surface area contributed by atoms with E-state index in [2.05, 4.69) is 10.9 Å². The van der Waals surface area contributed by atoms with E-state index in [1.165, 1.54) is 19.1 Å². The Morgan fingerprint density at radius 1 is 1.53 bits per heavy atom. The van der Waals surface area contributed by atoms with Gasteiger partial charge < -0.3 is 0 Å². The van der Waals surface area contributed by atoms with Crippen molar-refractivity contribution in [3.63, 3.8) is 0 Å². The summed E-state index contributed by atoms with van der Waals surface area (Å²) in [7, 11) is 1.70. The smallest absolute Gasteiger partial charge is 0.148 e. The number of hydrogen-bond donors (Lipinski definition) is 2. The normalized spacial score (nSPS) is 12.5. The molecule has 0 spiro atoms. The first kappa shape index (κ1) is 11.8. The maximum absolute atomic E-state index is 12.9. The van der Waals surface area contributed by atoms with E-state index in [-0.39, 0.29) is 17.6 Å². The lowest BCUT2D eigenvalue weighted by molar-refractivity contribution is -0.119. The van der Waals surface area contributed by atoms with Gasteiger partial charge in [-0.05, 0) is 38.1 Å². The van der Waals surface area contributed by atoms with Crippen molar-refractivity contribution in [2.45, 2.75) is 19.4 Å². The fourth-order valence-electron chi connectivity index (χ4n) is 1.37. The van der Waals surface area contributed by atoms with Crippen LogP contribution in [-0.2, 0) is 11.2 Å². The van der Waals surface area contributed by atoms with Crippen molar-refractivity contribution in [1.29, 1.82) is 0 Å². The Hall–Kier alpha value is -1.26. The zero-order valence-corrected chi connectivity index (χ0v) is 8.88. The molecule has 0 aromatic heterocycles. The van der Waals surface area contributed by atoms with Crippen molar-refractivity contribution in [2.24, 2.45) is 0 Å². The minimum absolute atomic E-state index is 0.0219. The Morgan fingerprint density at radius 3 is 2.80 bits per heavy atom. The van der Waals surface area contributed by atoms with Gasteiger partial charge in [0.1, 0.15) is 11.6 Å². The third kappa shape index (κ3) is 3.77. The number of Topliss-reactive ketones (excluding diaryl/α,β-unsaturated/α-hetero) is 1. The molecular formula is C11H15FN2O. The number of hydrazine groups is 1. The number of carbonyl (C=O) groups is 1. The fourth-order valence-corrected chi connectivity index (χ4v) is 1.37.